The molecule has 2 saturated heterocycles. The van der Waals surface area contributed by atoms with Crippen LogP contribution in [0.15, 0.2) is 34.1 Å². The summed E-state index contributed by atoms with van der Waals surface area (Å²) in [5, 5.41) is 42.1. The number of aliphatic hydroxyl groups is 2. The third kappa shape index (κ3) is 6.08. The van der Waals surface area contributed by atoms with E-state index in [-0.39, 0.29) is 16.7 Å². The summed E-state index contributed by atoms with van der Waals surface area (Å²) in [7, 11) is 1.69. The van der Waals surface area contributed by atoms with E-state index < -0.39 is 28.9 Å². The normalized spacial score (nSPS) is 18.6. The molecule has 0 bridgehead atoms. The number of ether oxygens (including phenoxy) is 1. The van der Waals surface area contributed by atoms with Gasteiger partial charge in [0.05, 0.1) is 58.5 Å². The molecule has 2 aliphatic rings. The number of piperidine rings is 2. The Hall–Kier alpha value is -5.02. The lowest BCUT2D eigenvalue weighted by atomic mass is 9.92. The lowest BCUT2D eigenvalue weighted by Gasteiger charge is -2.41. The molecule has 6 heterocycles. The van der Waals surface area contributed by atoms with E-state index >= 15 is 0 Å². The maximum atomic E-state index is 14.1. The van der Waals surface area contributed by atoms with Crippen molar-refractivity contribution < 1.29 is 19.8 Å². The van der Waals surface area contributed by atoms with Crippen LogP contribution in [-0.4, -0.2) is 74.4 Å². The van der Waals surface area contributed by atoms with E-state index in [4.69, 9.17) is 9.57 Å². The molecule has 6 rings (SSSR count). The van der Waals surface area contributed by atoms with Crippen LogP contribution in [0.1, 0.15) is 88.1 Å². The highest BCUT2D eigenvalue weighted by molar-refractivity contribution is 5.95. The number of nitrogens with zero attached hydrogens (tertiary/aromatic N) is 7. The summed E-state index contributed by atoms with van der Waals surface area (Å²) in [5.41, 5.74) is 0.122. The number of H-pyrrole nitrogens is 1. The number of nitriles is 2. The molecule has 0 aromatic carbocycles. The number of rotatable bonds is 7. The number of hydrogen-bond donors (Lipinski definition) is 3. The van der Waals surface area contributed by atoms with Crippen molar-refractivity contribution in [2.24, 2.45) is 0 Å². The minimum atomic E-state index is -0.883. The van der Waals surface area contributed by atoms with Gasteiger partial charge in [-0.2, -0.15) is 10.5 Å². The molecule has 0 aliphatic carbocycles. The Morgan fingerprint density at radius 1 is 0.837 bits per heavy atom. The highest BCUT2D eigenvalue weighted by Gasteiger charge is 2.37. The van der Waals surface area contributed by atoms with Gasteiger partial charge in [0.25, 0.3) is 5.56 Å². The second kappa shape index (κ2) is 12.8. The summed E-state index contributed by atoms with van der Waals surface area (Å²) in [6.45, 7) is 9.01. The lowest BCUT2D eigenvalue weighted by Crippen LogP contribution is -2.51. The molecule has 0 unspecified atom stereocenters. The SMILES string of the molecule is COC1(C)CCN(c2c(C#N)c(=O)n(OC3(C)CCN(c4c(C#N)c(=O)[nH]c5cnc([C@@H](C)O)cc45)CC3)c3cnc([C@H](C)O)cc23)CC1. The Morgan fingerprint density at radius 3 is 1.88 bits per heavy atom. The molecule has 0 amide bonds. The van der Waals surface area contributed by atoms with Gasteiger partial charge in [-0.25, -0.2) is 0 Å². The fraction of sp³-hybridized carbons (Fsp3) is 0.486. The number of pyridine rings is 4. The van der Waals surface area contributed by atoms with E-state index in [9.17, 15) is 30.3 Å². The van der Waals surface area contributed by atoms with E-state index in [0.717, 1.165) is 4.73 Å². The number of anilines is 2. The van der Waals surface area contributed by atoms with Gasteiger partial charge in [0.1, 0.15) is 34.4 Å². The molecule has 14 heteroatoms. The smallest absolute Gasteiger partial charge is 0.303 e. The molecule has 14 nitrogen and oxygen atoms in total. The molecule has 256 valence electrons. The first-order chi connectivity index (χ1) is 23.3. The fourth-order valence-corrected chi connectivity index (χ4v) is 6.79. The number of methoxy groups -OCH3 is 1. The molecule has 3 N–H and O–H groups in total. The molecule has 2 fully saturated rings. The molecule has 0 radical (unpaired) electrons. The number of aromatic amines is 1. The summed E-state index contributed by atoms with van der Waals surface area (Å²) >= 11 is 0. The molecular weight excluding hydrogens is 628 g/mol. The van der Waals surface area contributed by atoms with Crippen molar-refractivity contribution in [3.63, 3.8) is 0 Å². The Balaban J connectivity index is 1.38. The van der Waals surface area contributed by atoms with Gasteiger partial charge in [-0.3, -0.25) is 19.6 Å². The number of fused-ring (bicyclic) bond motifs is 2. The maximum Gasteiger partial charge on any atom is 0.303 e. The quantitative estimate of drug-likeness (QED) is 0.261. The van der Waals surface area contributed by atoms with Crippen LogP contribution < -0.4 is 25.8 Å². The van der Waals surface area contributed by atoms with Crippen LogP contribution >= 0.6 is 0 Å². The highest BCUT2D eigenvalue weighted by Crippen LogP contribution is 2.37. The first-order valence-corrected chi connectivity index (χ1v) is 16.4. The van der Waals surface area contributed by atoms with Crippen molar-refractivity contribution in [2.45, 2.75) is 76.8 Å². The minimum absolute atomic E-state index is 0.0419. The maximum absolute atomic E-state index is 14.1. The first kappa shape index (κ1) is 33.9. The standard InChI is InChI=1S/C35H40N8O6/c1-20(44)26-14-22-28(18-38-26)40-32(46)24(16-36)30(22)41-12-8-35(4,9-13-41)49-43-29-19-39-27(21(2)45)15-23(29)31(25(17-37)33(43)47)42-10-6-34(3,48-5)7-11-42/h14-15,18-21,44-45H,6-13H2,1-5H3,(H,40,46)/t20-,21+/m1/s1. The van der Waals surface area contributed by atoms with Crippen molar-refractivity contribution in [3.05, 3.63) is 67.7 Å². The number of hydrogen-bond acceptors (Lipinski definition) is 12. The minimum Gasteiger partial charge on any atom is -0.404 e. The van der Waals surface area contributed by atoms with Gasteiger partial charge in [0.2, 0.25) is 0 Å². The molecule has 4 aromatic rings. The zero-order valence-corrected chi connectivity index (χ0v) is 28.3. The molecule has 4 aromatic heterocycles. The van der Waals surface area contributed by atoms with E-state index in [0.29, 0.717) is 96.4 Å². The topological polar surface area (TPSA) is 194 Å². The largest absolute Gasteiger partial charge is 0.404 e. The number of aliphatic hydroxyl groups excluding tert-OH is 2. The summed E-state index contributed by atoms with van der Waals surface area (Å²) in [6.07, 6.45) is 3.45. The van der Waals surface area contributed by atoms with Crippen LogP contribution in [-0.2, 0) is 4.74 Å². The average molecular weight is 669 g/mol. The van der Waals surface area contributed by atoms with Crippen molar-refractivity contribution in [1.82, 2.24) is 19.7 Å². The van der Waals surface area contributed by atoms with Crippen LogP contribution in [0, 0.1) is 22.7 Å². The first-order valence-electron chi connectivity index (χ1n) is 16.4. The highest BCUT2D eigenvalue weighted by atomic mass is 16.7. The Labute approximate surface area is 282 Å². The van der Waals surface area contributed by atoms with E-state index in [1.54, 1.807) is 33.1 Å². The van der Waals surface area contributed by atoms with Gasteiger partial charge in [0, 0.05) is 56.9 Å². The third-order valence-corrected chi connectivity index (χ3v) is 10.1. The third-order valence-electron chi connectivity index (χ3n) is 10.1. The molecule has 49 heavy (non-hydrogen) atoms. The molecule has 0 spiro atoms. The average Bonchev–Trinajstić information content (AvgIpc) is 3.09. The van der Waals surface area contributed by atoms with Crippen molar-refractivity contribution in [3.8, 4) is 12.1 Å². The van der Waals surface area contributed by atoms with Crippen molar-refractivity contribution in [1.29, 1.82) is 10.5 Å². The Morgan fingerprint density at radius 2 is 1.35 bits per heavy atom. The van der Waals surface area contributed by atoms with Gasteiger partial charge in [-0.1, -0.05) is 0 Å². The van der Waals surface area contributed by atoms with Crippen LogP contribution in [0.5, 0.6) is 0 Å². The lowest BCUT2D eigenvalue weighted by molar-refractivity contribution is -0.0551. The van der Waals surface area contributed by atoms with Gasteiger partial charge >= 0.3 is 5.56 Å². The van der Waals surface area contributed by atoms with Gasteiger partial charge < -0.3 is 34.6 Å². The second-order valence-corrected chi connectivity index (χ2v) is 13.5. The summed E-state index contributed by atoms with van der Waals surface area (Å²) in [5.74, 6) is 0. The fourth-order valence-electron chi connectivity index (χ4n) is 6.79. The van der Waals surface area contributed by atoms with Crippen LogP contribution in [0.3, 0.4) is 0 Å². The molecule has 2 aliphatic heterocycles. The predicted octanol–water partition coefficient (Wildman–Crippen LogP) is 2.98. The Kier molecular flexibility index (Phi) is 8.83. The second-order valence-electron chi connectivity index (χ2n) is 13.5. The van der Waals surface area contributed by atoms with Gasteiger partial charge in [-0.05, 0) is 52.7 Å². The van der Waals surface area contributed by atoms with E-state index in [1.807, 2.05) is 29.7 Å². The Bertz CT molecular complexity index is 2130. The van der Waals surface area contributed by atoms with Crippen molar-refractivity contribution >= 4 is 33.2 Å². The molecule has 0 saturated carbocycles. The van der Waals surface area contributed by atoms with E-state index in [2.05, 4.69) is 21.0 Å². The zero-order valence-electron chi connectivity index (χ0n) is 28.3. The van der Waals surface area contributed by atoms with Crippen LogP contribution in [0.25, 0.3) is 21.8 Å². The van der Waals surface area contributed by atoms with Crippen LogP contribution in [0.4, 0.5) is 11.4 Å². The van der Waals surface area contributed by atoms with Crippen LogP contribution in [0.2, 0.25) is 0 Å². The van der Waals surface area contributed by atoms with Gasteiger partial charge in [-0.15, -0.1) is 4.73 Å². The van der Waals surface area contributed by atoms with E-state index in [1.165, 1.54) is 12.4 Å². The zero-order chi connectivity index (χ0) is 35.2. The monoisotopic (exact) mass is 668 g/mol. The predicted molar refractivity (Wildman–Crippen MR) is 182 cm³/mol. The summed E-state index contributed by atoms with van der Waals surface area (Å²) in [6, 6.07) is 7.57. The molecular formula is C35H40N8O6. The number of nitrogens with one attached hydrogen (secondary N) is 1. The number of aromatic nitrogens is 4. The summed E-state index contributed by atoms with van der Waals surface area (Å²) in [4.78, 5) is 48.9. The van der Waals surface area contributed by atoms with Gasteiger partial charge in [0.15, 0.2) is 0 Å². The molecule has 2 atom stereocenters. The van der Waals surface area contributed by atoms with Crippen molar-refractivity contribution in [2.75, 3.05) is 43.1 Å². The summed E-state index contributed by atoms with van der Waals surface area (Å²) < 4.78 is 6.87.